The van der Waals surface area contributed by atoms with Crippen LogP contribution in [0.5, 0.6) is 0 Å². The third kappa shape index (κ3) is 8.30. The van der Waals surface area contributed by atoms with Crippen LogP contribution < -0.4 is 10.6 Å². The Hall–Kier alpha value is -1.68. The van der Waals surface area contributed by atoms with Gasteiger partial charge in [0, 0.05) is 50.7 Å². The summed E-state index contributed by atoms with van der Waals surface area (Å²) in [5.41, 5.74) is 1.60. The van der Waals surface area contributed by atoms with Gasteiger partial charge in [-0.3, -0.25) is 9.89 Å². The number of aliphatic imine (C=N–C) groups is 1. The first-order valence-electron chi connectivity index (χ1n) is 9.81. The van der Waals surface area contributed by atoms with Crippen LogP contribution in [-0.4, -0.2) is 54.6 Å². The molecule has 1 heterocycles. The Morgan fingerprint density at radius 3 is 2.31 bits per heavy atom. The number of aromatic nitrogens is 1. The fraction of sp³-hybridized carbons (Fsp3) is 0.524. The second kappa shape index (κ2) is 12.8. The van der Waals surface area contributed by atoms with E-state index in [1.807, 2.05) is 0 Å². The van der Waals surface area contributed by atoms with Gasteiger partial charge in [0.1, 0.15) is 12.1 Å². The summed E-state index contributed by atoms with van der Waals surface area (Å²) in [6.07, 6.45) is 2.34. The van der Waals surface area contributed by atoms with Gasteiger partial charge in [0.25, 0.3) is 0 Å². The highest BCUT2D eigenvalue weighted by Crippen LogP contribution is 2.18. The van der Waals surface area contributed by atoms with Gasteiger partial charge in [0.05, 0.1) is 5.69 Å². The van der Waals surface area contributed by atoms with Crippen LogP contribution in [0.15, 0.2) is 39.9 Å². The van der Waals surface area contributed by atoms with E-state index in [2.05, 4.69) is 53.2 Å². The predicted octanol–water partition coefficient (Wildman–Crippen LogP) is 3.93. The van der Waals surface area contributed by atoms with Gasteiger partial charge in [0.15, 0.2) is 5.96 Å². The molecule has 0 aliphatic rings. The summed E-state index contributed by atoms with van der Waals surface area (Å²) in [5, 5.41) is 6.65. The lowest BCUT2D eigenvalue weighted by molar-refractivity contribution is 0.178. The monoisotopic (exact) mass is 517 g/mol. The average molecular weight is 517 g/mol. The number of halogens is 2. The molecule has 0 saturated heterocycles. The predicted molar refractivity (Wildman–Crippen MR) is 127 cm³/mol. The second-order valence-corrected chi connectivity index (χ2v) is 7.25. The Labute approximate surface area is 190 Å². The number of hydrogen-bond acceptors (Lipinski definition) is 4. The fourth-order valence-corrected chi connectivity index (χ4v) is 3.09. The van der Waals surface area contributed by atoms with Crippen LogP contribution in [0.1, 0.15) is 33.4 Å². The Morgan fingerprint density at radius 1 is 1.10 bits per heavy atom. The molecule has 0 fully saturated rings. The van der Waals surface area contributed by atoms with Crippen molar-refractivity contribution in [3.05, 3.63) is 42.0 Å². The van der Waals surface area contributed by atoms with Gasteiger partial charge in [0.2, 0.25) is 5.89 Å². The van der Waals surface area contributed by atoms with Crippen molar-refractivity contribution >= 4 is 29.9 Å². The summed E-state index contributed by atoms with van der Waals surface area (Å²) >= 11 is 0. The van der Waals surface area contributed by atoms with Crippen molar-refractivity contribution in [1.29, 1.82) is 0 Å². The molecule has 6 nitrogen and oxygen atoms in total. The normalized spacial score (nSPS) is 11.8. The van der Waals surface area contributed by atoms with Crippen LogP contribution in [0.25, 0.3) is 11.5 Å². The second-order valence-electron chi connectivity index (χ2n) is 7.25. The Kier molecular flexibility index (Phi) is 11.2. The minimum atomic E-state index is -0.275. The van der Waals surface area contributed by atoms with Crippen LogP contribution >= 0.6 is 24.0 Å². The lowest BCUT2D eigenvalue weighted by Crippen LogP contribution is -2.45. The number of benzene rings is 1. The molecule has 0 aliphatic carbocycles. The first-order chi connectivity index (χ1) is 13.4. The highest BCUT2D eigenvalue weighted by molar-refractivity contribution is 14.0. The van der Waals surface area contributed by atoms with Crippen LogP contribution in [0.2, 0.25) is 0 Å². The topological polar surface area (TPSA) is 65.7 Å². The summed E-state index contributed by atoms with van der Waals surface area (Å²) in [6, 6.07) is 7.14. The molecule has 1 aromatic heterocycles. The summed E-state index contributed by atoms with van der Waals surface area (Å²) in [6.45, 7) is 11.3. The minimum absolute atomic E-state index is 0. The molecule has 0 aliphatic heterocycles. The number of rotatable bonds is 9. The molecule has 8 heteroatoms. The summed E-state index contributed by atoms with van der Waals surface area (Å²) in [5.74, 6) is 0.998. The molecule has 1 aromatic carbocycles. The van der Waals surface area contributed by atoms with Crippen molar-refractivity contribution in [1.82, 2.24) is 20.5 Å². The van der Waals surface area contributed by atoms with E-state index in [0.29, 0.717) is 30.9 Å². The minimum Gasteiger partial charge on any atom is -0.444 e. The third-order valence-electron chi connectivity index (χ3n) is 4.53. The van der Waals surface area contributed by atoms with E-state index in [1.54, 1.807) is 25.4 Å². The standard InChI is InChI=1S/C21H32FN5O.HI/c1-15(2)27(16(3)4)13-12-25-21(23-5)24-11-10-19-14-28-20(26-19)17-6-8-18(22)9-7-17;/h6-9,14-16H,10-13H2,1-5H3,(H2,23,24,25);1H. The number of nitrogens with one attached hydrogen (secondary N) is 2. The van der Waals surface area contributed by atoms with E-state index in [0.717, 1.165) is 30.3 Å². The summed E-state index contributed by atoms with van der Waals surface area (Å²) < 4.78 is 18.5. The van der Waals surface area contributed by atoms with E-state index < -0.39 is 0 Å². The first-order valence-corrected chi connectivity index (χ1v) is 9.81. The molecule has 29 heavy (non-hydrogen) atoms. The van der Waals surface area contributed by atoms with Gasteiger partial charge < -0.3 is 15.1 Å². The van der Waals surface area contributed by atoms with Gasteiger partial charge in [-0.05, 0) is 52.0 Å². The largest absolute Gasteiger partial charge is 0.444 e. The van der Waals surface area contributed by atoms with Crippen LogP contribution in [-0.2, 0) is 6.42 Å². The molecule has 0 spiro atoms. The zero-order valence-electron chi connectivity index (χ0n) is 17.9. The van der Waals surface area contributed by atoms with E-state index in [1.165, 1.54) is 12.1 Å². The third-order valence-corrected chi connectivity index (χ3v) is 4.53. The number of oxazole rings is 1. The molecule has 0 saturated carbocycles. The molecule has 0 amide bonds. The van der Waals surface area contributed by atoms with Crippen molar-refractivity contribution in [3.63, 3.8) is 0 Å². The van der Waals surface area contributed by atoms with E-state index in [4.69, 9.17) is 4.42 Å². The van der Waals surface area contributed by atoms with Gasteiger partial charge in [-0.1, -0.05) is 0 Å². The lowest BCUT2D eigenvalue weighted by atomic mass is 10.2. The molecule has 0 atom stereocenters. The molecule has 2 rings (SSSR count). The maximum atomic E-state index is 13.0. The molecule has 162 valence electrons. The SMILES string of the molecule is CN=C(NCCc1coc(-c2ccc(F)cc2)n1)NCCN(C(C)C)C(C)C.I. The Morgan fingerprint density at radius 2 is 1.72 bits per heavy atom. The maximum Gasteiger partial charge on any atom is 0.226 e. The van der Waals surface area contributed by atoms with Crippen LogP contribution in [0.3, 0.4) is 0 Å². The molecular weight excluding hydrogens is 484 g/mol. The molecule has 0 unspecified atom stereocenters. The quantitative estimate of drug-likeness (QED) is 0.300. The number of hydrogen-bond donors (Lipinski definition) is 2. The molecule has 2 N–H and O–H groups in total. The first kappa shape index (κ1) is 25.4. The van der Waals surface area contributed by atoms with Crippen LogP contribution in [0, 0.1) is 5.82 Å². The number of guanidine groups is 1. The van der Waals surface area contributed by atoms with Crippen molar-refractivity contribution in [3.8, 4) is 11.5 Å². The van der Waals surface area contributed by atoms with Crippen molar-refractivity contribution in [2.75, 3.05) is 26.7 Å². The summed E-state index contributed by atoms with van der Waals surface area (Å²) in [7, 11) is 1.76. The van der Waals surface area contributed by atoms with Crippen molar-refractivity contribution < 1.29 is 8.81 Å². The lowest BCUT2D eigenvalue weighted by Gasteiger charge is -2.30. The maximum absolute atomic E-state index is 13.0. The van der Waals surface area contributed by atoms with Crippen molar-refractivity contribution in [2.24, 2.45) is 4.99 Å². The Balaban J connectivity index is 0.00000420. The molecule has 0 bridgehead atoms. The summed E-state index contributed by atoms with van der Waals surface area (Å²) in [4.78, 5) is 11.2. The zero-order valence-corrected chi connectivity index (χ0v) is 20.2. The van der Waals surface area contributed by atoms with E-state index in [9.17, 15) is 4.39 Å². The molecule has 0 radical (unpaired) electrons. The van der Waals surface area contributed by atoms with E-state index in [-0.39, 0.29) is 29.8 Å². The zero-order chi connectivity index (χ0) is 20.5. The van der Waals surface area contributed by atoms with E-state index >= 15 is 0 Å². The molecule has 2 aromatic rings. The van der Waals surface area contributed by atoms with Crippen LogP contribution in [0.4, 0.5) is 4.39 Å². The van der Waals surface area contributed by atoms with Gasteiger partial charge >= 0.3 is 0 Å². The van der Waals surface area contributed by atoms with Gasteiger partial charge in [-0.15, -0.1) is 24.0 Å². The van der Waals surface area contributed by atoms with Crippen molar-refractivity contribution in [2.45, 2.75) is 46.2 Å². The average Bonchev–Trinajstić information content (AvgIpc) is 3.12. The fourth-order valence-electron chi connectivity index (χ4n) is 3.09. The smallest absolute Gasteiger partial charge is 0.226 e. The molecular formula is C21H33FIN5O. The highest BCUT2D eigenvalue weighted by Gasteiger charge is 2.12. The Bertz CT molecular complexity index is 738. The number of nitrogens with zero attached hydrogens (tertiary/aromatic N) is 3. The van der Waals surface area contributed by atoms with Gasteiger partial charge in [-0.2, -0.15) is 0 Å². The van der Waals surface area contributed by atoms with Gasteiger partial charge in [-0.25, -0.2) is 9.37 Å². The highest BCUT2D eigenvalue weighted by atomic mass is 127.